The fourth-order valence-corrected chi connectivity index (χ4v) is 1.93. The van der Waals surface area contributed by atoms with E-state index in [1.807, 2.05) is 38.1 Å². The topological polar surface area (TPSA) is 74.6 Å². The zero-order valence-corrected chi connectivity index (χ0v) is 10.6. The normalized spacial score (nSPS) is 13.9. The summed E-state index contributed by atoms with van der Waals surface area (Å²) in [7, 11) is 0. The molecule has 0 aliphatic heterocycles. The van der Waals surface area contributed by atoms with Gasteiger partial charge in [-0.15, -0.1) is 0 Å². The smallest absolute Gasteiger partial charge is 0.303 e. The molecule has 2 unspecified atom stereocenters. The lowest BCUT2D eigenvalue weighted by molar-refractivity contribution is -0.138. The van der Waals surface area contributed by atoms with Crippen molar-refractivity contribution in [2.45, 2.75) is 38.5 Å². The molecule has 1 rings (SSSR count). The average Bonchev–Trinajstić information content (AvgIpc) is 2.27. The van der Waals surface area contributed by atoms with E-state index in [9.17, 15) is 9.59 Å². The zero-order chi connectivity index (χ0) is 13.7. The number of carboxylic acids is 2. The SMILES string of the molecule is CC(CC(=O)O)c1cccc(C(C)CC(=O)O)c1. The second-order valence-corrected chi connectivity index (χ2v) is 4.67. The van der Waals surface area contributed by atoms with Gasteiger partial charge in [0.15, 0.2) is 0 Å². The van der Waals surface area contributed by atoms with Crippen molar-refractivity contribution in [1.82, 2.24) is 0 Å². The van der Waals surface area contributed by atoms with Crippen LogP contribution in [0.1, 0.15) is 49.7 Å². The summed E-state index contributed by atoms with van der Waals surface area (Å²) in [6.07, 6.45) is 0.160. The Kier molecular flexibility index (Phi) is 4.89. The number of hydrogen-bond acceptors (Lipinski definition) is 2. The van der Waals surface area contributed by atoms with Crippen LogP contribution in [0, 0.1) is 0 Å². The van der Waals surface area contributed by atoms with Gasteiger partial charge in [0.25, 0.3) is 0 Å². The minimum Gasteiger partial charge on any atom is -0.481 e. The molecule has 0 amide bonds. The number of benzene rings is 1. The molecular formula is C14H18O4. The number of hydrogen-bond donors (Lipinski definition) is 2. The molecule has 0 radical (unpaired) electrons. The van der Waals surface area contributed by atoms with Gasteiger partial charge in [-0.05, 0) is 23.0 Å². The summed E-state index contributed by atoms with van der Waals surface area (Å²) in [5.41, 5.74) is 1.87. The van der Waals surface area contributed by atoms with Crippen molar-refractivity contribution in [1.29, 1.82) is 0 Å². The van der Waals surface area contributed by atoms with Crippen molar-refractivity contribution < 1.29 is 19.8 Å². The van der Waals surface area contributed by atoms with E-state index in [1.165, 1.54) is 0 Å². The quantitative estimate of drug-likeness (QED) is 0.814. The van der Waals surface area contributed by atoms with Crippen molar-refractivity contribution in [2.75, 3.05) is 0 Å². The van der Waals surface area contributed by atoms with Crippen LogP contribution in [-0.4, -0.2) is 22.2 Å². The highest BCUT2D eigenvalue weighted by atomic mass is 16.4. The predicted octanol–water partition coefficient (Wildman–Crippen LogP) is 2.84. The maximum absolute atomic E-state index is 10.7. The molecule has 1 aromatic rings. The summed E-state index contributed by atoms with van der Waals surface area (Å²) in [5.74, 6) is -1.79. The molecule has 98 valence electrons. The first-order valence-electron chi connectivity index (χ1n) is 5.93. The van der Waals surface area contributed by atoms with Crippen molar-refractivity contribution >= 4 is 11.9 Å². The van der Waals surface area contributed by atoms with Crippen LogP contribution < -0.4 is 0 Å². The minimum absolute atomic E-state index is 0.0699. The standard InChI is InChI=1S/C14H18O4/c1-9(6-13(15)16)11-4-3-5-12(8-11)10(2)7-14(17)18/h3-5,8-10H,6-7H2,1-2H3,(H,15,16)(H,17,18). The van der Waals surface area contributed by atoms with Gasteiger partial charge in [-0.3, -0.25) is 9.59 Å². The van der Waals surface area contributed by atoms with E-state index < -0.39 is 11.9 Å². The first-order chi connectivity index (χ1) is 8.40. The lowest BCUT2D eigenvalue weighted by Gasteiger charge is -2.14. The predicted molar refractivity (Wildman–Crippen MR) is 67.8 cm³/mol. The van der Waals surface area contributed by atoms with Crippen molar-refractivity contribution in [2.24, 2.45) is 0 Å². The van der Waals surface area contributed by atoms with Crippen LogP contribution in [0.15, 0.2) is 24.3 Å². The van der Waals surface area contributed by atoms with Gasteiger partial charge >= 0.3 is 11.9 Å². The van der Waals surface area contributed by atoms with Gasteiger partial charge in [0.1, 0.15) is 0 Å². The molecule has 0 aromatic heterocycles. The Morgan fingerprint density at radius 2 is 1.39 bits per heavy atom. The summed E-state index contributed by atoms with van der Waals surface area (Å²) in [6.45, 7) is 3.71. The van der Waals surface area contributed by atoms with Gasteiger partial charge in [-0.25, -0.2) is 0 Å². The van der Waals surface area contributed by atoms with Crippen LogP contribution in [0.4, 0.5) is 0 Å². The van der Waals surface area contributed by atoms with Crippen LogP contribution in [0.3, 0.4) is 0 Å². The van der Waals surface area contributed by atoms with E-state index in [0.717, 1.165) is 11.1 Å². The Morgan fingerprint density at radius 1 is 1.00 bits per heavy atom. The van der Waals surface area contributed by atoms with Crippen LogP contribution in [-0.2, 0) is 9.59 Å². The molecule has 0 saturated carbocycles. The van der Waals surface area contributed by atoms with E-state index in [1.54, 1.807) is 0 Å². The zero-order valence-electron chi connectivity index (χ0n) is 10.6. The lowest BCUT2D eigenvalue weighted by Crippen LogP contribution is -2.06. The highest BCUT2D eigenvalue weighted by molar-refractivity contribution is 5.68. The van der Waals surface area contributed by atoms with Gasteiger partial charge in [-0.2, -0.15) is 0 Å². The largest absolute Gasteiger partial charge is 0.481 e. The molecule has 0 spiro atoms. The third kappa shape index (κ3) is 4.20. The van der Waals surface area contributed by atoms with Gasteiger partial charge in [0.05, 0.1) is 12.8 Å². The maximum atomic E-state index is 10.7. The minimum atomic E-state index is -0.827. The summed E-state index contributed by atoms with van der Waals surface area (Å²) in [6, 6.07) is 7.51. The van der Waals surface area contributed by atoms with Gasteiger partial charge < -0.3 is 10.2 Å². The third-order valence-corrected chi connectivity index (χ3v) is 3.01. The average molecular weight is 250 g/mol. The molecule has 0 aliphatic rings. The molecule has 0 saturated heterocycles. The van der Waals surface area contributed by atoms with Crippen LogP contribution >= 0.6 is 0 Å². The molecule has 0 bridgehead atoms. The highest BCUT2D eigenvalue weighted by Gasteiger charge is 2.14. The monoisotopic (exact) mass is 250 g/mol. The van der Waals surface area contributed by atoms with Crippen molar-refractivity contribution in [3.05, 3.63) is 35.4 Å². The van der Waals surface area contributed by atoms with E-state index in [2.05, 4.69) is 0 Å². The fourth-order valence-electron chi connectivity index (χ4n) is 1.93. The summed E-state index contributed by atoms with van der Waals surface area (Å²) in [4.78, 5) is 21.3. The Hall–Kier alpha value is -1.84. The highest BCUT2D eigenvalue weighted by Crippen LogP contribution is 2.25. The second kappa shape index (κ2) is 6.19. The summed E-state index contributed by atoms with van der Waals surface area (Å²) >= 11 is 0. The van der Waals surface area contributed by atoms with E-state index in [0.29, 0.717) is 0 Å². The Balaban J connectivity index is 2.84. The molecular weight excluding hydrogens is 232 g/mol. The molecule has 1 aromatic carbocycles. The van der Waals surface area contributed by atoms with E-state index in [4.69, 9.17) is 10.2 Å². The van der Waals surface area contributed by atoms with Gasteiger partial charge in [0.2, 0.25) is 0 Å². The summed E-state index contributed by atoms with van der Waals surface area (Å²) in [5, 5.41) is 17.5. The Morgan fingerprint density at radius 3 is 1.72 bits per heavy atom. The van der Waals surface area contributed by atoms with Gasteiger partial charge in [-0.1, -0.05) is 38.1 Å². The second-order valence-electron chi connectivity index (χ2n) is 4.67. The number of carboxylic acid groups (broad SMARTS) is 2. The molecule has 0 heterocycles. The number of carbonyl (C=O) groups is 2. The summed E-state index contributed by atoms with van der Waals surface area (Å²) < 4.78 is 0. The Labute approximate surface area is 106 Å². The molecule has 0 fully saturated rings. The van der Waals surface area contributed by atoms with E-state index in [-0.39, 0.29) is 24.7 Å². The van der Waals surface area contributed by atoms with Crippen LogP contribution in [0.25, 0.3) is 0 Å². The maximum Gasteiger partial charge on any atom is 0.303 e. The number of aliphatic carboxylic acids is 2. The molecule has 0 aliphatic carbocycles. The first kappa shape index (κ1) is 14.2. The molecule has 2 N–H and O–H groups in total. The number of rotatable bonds is 6. The van der Waals surface area contributed by atoms with Crippen LogP contribution in [0.5, 0.6) is 0 Å². The third-order valence-electron chi connectivity index (χ3n) is 3.01. The molecule has 4 nitrogen and oxygen atoms in total. The molecule has 4 heteroatoms. The molecule has 18 heavy (non-hydrogen) atoms. The fraction of sp³-hybridized carbons (Fsp3) is 0.429. The van der Waals surface area contributed by atoms with Crippen molar-refractivity contribution in [3.8, 4) is 0 Å². The molecule has 2 atom stereocenters. The first-order valence-corrected chi connectivity index (χ1v) is 5.93. The lowest BCUT2D eigenvalue weighted by atomic mass is 9.91. The van der Waals surface area contributed by atoms with E-state index >= 15 is 0 Å². The van der Waals surface area contributed by atoms with Gasteiger partial charge in [0, 0.05) is 0 Å². The Bertz CT molecular complexity index is 402. The van der Waals surface area contributed by atoms with Crippen molar-refractivity contribution in [3.63, 3.8) is 0 Å². The van der Waals surface area contributed by atoms with Crippen LogP contribution in [0.2, 0.25) is 0 Å².